The van der Waals surface area contributed by atoms with Gasteiger partial charge in [-0.3, -0.25) is 4.68 Å². The van der Waals surface area contributed by atoms with Crippen molar-refractivity contribution in [3.63, 3.8) is 0 Å². The smallest absolute Gasteiger partial charge is 0.159 e. The maximum atomic E-state index is 13.3. The molecule has 1 saturated heterocycles. The fourth-order valence-electron chi connectivity index (χ4n) is 2.52. The molecule has 1 aromatic carbocycles. The minimum Gasteiger partial charge on any atom is -0.372 e. The minimum atomic E-state index is -0.852. The van der Waals surface area contributed by atoms with Crippen LogP contribution in [0.25, 0.3) is 0 Å². The lowest BCUT2D eigenvalue weighted by atomic mass is 10.0. The normalized spacial score (nSPS) is 21.9. The van der Waals surface area contributed by atoms with E-state index in [2.05, 4.69) is 15.4 Å². The zero-order valence-electron chi connectivity index (χ0n) is 11.6. The first-order valence-corrected chi connectivity index (χ1v) is 6.78. The number of rotatable bonds is 4. The number of nitrogens with zero attached hydrogens (tertiary/aromatic N) is 3. The first-order chi connectivity index (χ1) is 10.1. The lowest BCUT2D eigenvalue weighted by molar-refractivity contribution is 0.0979. The van der Waals surface area contributed by atoms with Gasteiger partial charge in [0.1, 0.15) is 12.2 Å². The Morgan fingerprint density at radius 2 is 2.24 bits per heavy atom. The number of hydrogen-bond donors (Lipinski definition) is 1. The highest BCUT2D eigenvalue weighted by Gasteiger charge is 2.30. The first-order valence-electron chi connectivity index (χ1n) is 6.78. The molecule has 3 rings (SSSR count). The van der Waals surface area contributed by atoms with Crippen molar-refractivity contribution in [2.75, 3.05) is 6.61 Å². The zero-order chi connectivity index (χ0) is 14.8. The van der Waals surface area contributed by atoms with Crippen molar-refractivity contribution in [2.45, 2.75) is 25.1 Å². The van der Waals surface area contributed by atoms with E-state index in [4.69, 9.17) is 4.74 Å². The summed E-state index contributed by atoms with van der Waals surface area (Å²) in [6.45, 7) is 1.13. The molecule has 2 atom stereocenters. The average molecular weight is 294 g/mol. The van der Waals surface area contributed by atoms with Crippen LogP contribution >= 0.6 is 0 Å². The summed E-state index contributed by atoms with van der Waals surface area (Å²) in [5.74, 6) is -0.888. The van der Waals surface area contributed by atoms with Crippen LogP contribution < -0.4 is 5.32 Å². The Kier molecular flexibility index (Phi) is 3.94. The van der Waals surface area contributed by atoms with E-state index in [0.717, 1.165) is 18.3 Å². The maximum absolute atomic E-state index is 13.3. The van der Waals surface area contributed by atoms with Crippen LogP contribution in [0.15, 0.2) is 24.5 Å². The summed E-state index contributed by atoms with van der Waals surface area (Å²) in [5, 5.41) is 7.35. The van der Waals surface area contributed by atoms with Gasteiger partial charge in [0.05, 0.1) is 12.6 Å². The van der Waals surface area contributed by atoms with Crippen LogP contribution in [0.1, 0.15) is 23.9 Å². The van der Waals surface area contributed by atoms with Crippen molar-refractivity contribution in [1.29, 1.82) is 0 Å². The summed E-state index contributed by atoms with van der Waals surface area (Å²) in [6.07, 6.45) is 2.02. The highest BCUT2D eigenvalue weighted by molar-refractivity contribution is 5.22. The van der Waals surface area contributed by atoms with Gasteiger partial charge in [0, 0.05) is 19.7 Å². The summed E-state index contributed by atoms with van der Waals surface area (Å²) < 4.78 is 33.7. The number of aryl methyl sites for hydroxylation is 1. The molecule has 0 spiro atoms. The van der Waals surface area contributed by atoms with E-state index < -0.39 is 11.6 Å². The monoisotopic (exact) mass is 294 g/mol. The molecule has 0 radical (unpaired) electrons. The van der Waals surface area contributed by atoms with E-state index >= 15 is 0 Å². The van der Waals surface area contributed by atoms with Crippen LogP contribution in [0.5, 0.6) is 0 Å². The number of aromatic nitrogens is 3. The van der Waals surface area contributed by atoms with E-state index in [9.17, 15) is 8.78 Å². The molecule has 7 heteroatoms. The van der Waals surface area contributed by atoms with Gasteiger partial charge in [0.15, 0.2) is 11.6 Å². The molecule has 0 amide bonds. The topological polar surface area (TPSA) is 52.0 Å². The van der Waals surface area contributed by atoms with Gasteiger partial charge in [-0.25, -0.2) is 13.8 Å². The predicted molar refractivity (Wildman–Crippen MR) is 71.3 cm³/mol. The van der Waals surface area contributed by atoms with Gasteiger partial charge in [-0.1, -0.05) is 6.07 Å². The van der Waals surface area contributed by atoms with E-state index in [0.29, 0.717) is 18.7 Å². The summed E-state index contributed by atoms with van der Waals surface area (Å²) in [6, 6.07) is 3.92. The summed E-state index contributed by atoms with van der Waals surface area (Å²) >= 11 is 0. The molecule has 1 N–H and O–H groups in total. The van der Waals surface area contributed by atoms with Crippen molar-refractivity contribution >= 4 is 0 Å². The van der Waals surface area contributed by atoms with Gasteiger partial charge in [-0.2, -0.15) is 5.10 Å². The molecule has 1 aliphatic heterocycles. The van der Waals surface area contributed by atoms with Gasteiger partial charge >= 0.3 is 0 Å². The Labute approximate surface area is 120 Å². The average Bonchev–Trinajstić information content (AvgIpc) is 3.08. The van der Waals surface area contributed by atoms with E-state index in [1.165, 1.54) is 12.4 Å². The largest absolute Gasteiger partial charge is 0.372 e. The highest BCUT2D eigenvalue weighted by atomic mass is 19.2. The molecule has 1 aromatic heterocycles. The number of ether oxygens (including phenoxy) is 1. The van der Waals surface area contributed by atoms with E-state index in [-0.39, 0.29) is 12.1 Å². The van der Waals surface area contributed by atoms with Crippen LogP contribution in [0, 0.1) is 11.6 Å². The van der Waals surface area contributed by atoms with Crippen LogP contribution in [-0.2, 0) is 18.3 Å². The fraction of sp³-hybridized carbons (Fsp3) is 0.429. The molecule has 5 nitrogen and oxygen atoms in total. The van der Waals surface area contributed by atoms with Crippen molar-refractivity contribution in [2.24, 2.45) is 7.05 Å². The number of nitrogens with one attached hydrogen (secondary N) is 1. The Bertz CT molecular complexity index is 631. The van der Waals surface area contributed by atoms with Crippen LogP contribution in [-0.4, -0.2) is 27.4 Å². The molecule has 21 heavy (non-hydrogen) atoms. The Hall–Kier alpha value is -1.86. The minimum absolute atomic E-state index is 0.0339. The Morgan fingerprint density at radius 3 is 2.95 bits per heavy atom. The van der Waals surface area contributed by atoms with Crippen molar-refractivity contribution < 1.29 is 13.5 Å². The molecule has 112 valence electrons. The third kappa shape index (κ3) is 2.93. The number of halogens is 2. The molecule has 0 bridgehead atoms. The number of hydrogen-bond acceptors (Lipinski definition) is 4. The predicted octanol–water partition coefficient (Wildman–Crippen LogP) is 1.71. The van der Waals surface area contributed by atoms with Gasteiger partial charge in [-0.15, -0.1) is 0 Å². The lowest BCUT2D eigenvalue weighted by Crippen LogP contribution is -2.32. The lowest BCUT2D eigenvalue weighted by Gasteiger charge is -2.20. The molecule has 2 aromatic rings. The second kappa shape index (κ2) is 5.87. The van der Waals surface area contributed by atoms with Crippen LogP contribution in [0.2, 0.25) is 0 Å². The summed E-state index contributed by atoms with van der Waals surface area (Å²) in [4.78, 5) is 4.14. The zero-order valence-corrected chi connectivity index (χ0v) is 11.6. The first kappa shape index (κ1) is 14.1. The standard InChI is InChI=1S/C14H16F2N4O/c1-20-13(18-8-19-20)7-17-12-4-5-21-14(12)9-2-3-10(15)11(16)6-9/h2-3,6,8,12,14,17H,4-5,7H2,1H3/t12-,14+/m0/s1. The summed E-state index contributed by atoms with van der Waals surface area (Å²) in [5.41, 5.74) is 0.641. The molecular weight excluding hydrogens is 278 g/mol. The van der Waals surface area contributed by atoms with Crippen LogP contribution in [0.4, 0.5) is 8.78 Å². The molecule has 0 unspecified atom stereocenters. The van der Waals surface area contributed by atoms with Gasteiger partial charge in [0.25, 0.3) is 0 Å². The third-order valence-corrected chi connectivity index (χ3v) is 3.69. The SMILES string of the molecule is Cn1ncnc1CN[C@H]1CCO[C@@H]1c1ccc(F)c(F)c1. The Balaban J connectivity index is 1.70. The number of benzene rings is 1. The molecule has 0 saturated carbocycles. The van der Waals surface area contributed by atoms with Crippen molar-refractivity contribution in [3.8, 4) is 0 Å². The second-order valence-electron chi connectivity index (χ2n) is 5.04. The maximum Gasteiger partial charge on any atom is 0.159 e. The molecule has 1 fully saturated rings. The second-order valence-corrected chi connectivity index (χ2v) is 5.04. The fourth-order valence-corrected chi connectivity index (χ4v) is 2.52. The highest BCUT2D eigenvalue weighted by Crippen LogP contribution is 2.30. The Morgan fingerprint density at radius 1 is 1.38 bits per heavy atom. The van der Waals surface area contributed by atoms with Crippen LogP contribution in [0.3, 0.4) is 0 Å². The van der Waals surface area contributed by atoms with Gasteiger partial charge < -0.3 is 10.1 Å². The van der Waals surface area contributed by atoms with E-state index in [1.54, 1.807) is 10.7 Å². The molecular formula is C14H16F2N4O. The molecule has 1 aliphatic rings. The quantitative estimate of drug-likeness (QED) is 0.933. The van der Waals surface area contributed by atoms with Gasteiger partial charge in [0.2, 0.25) is 0 Å². The van der Waals surface area contributed by atoms with E-state index in [1.807, 2.05) is 7.05 Å². The molecule has 0 aliphatic carbocycles. The summed E-state index contributed by atoms with van der Waals surface area (Å²) in [7, 11) is 1.82. The van der Waals surface area contributed by atoms with Gasteiger partial charge in [-0.05, 0) is 24.1 Å². The van der Waals surface area contributed by atoms with Crippen molar-refractivity contribution in [1.82, 2.24) is 20.1 Å². The van der Waals surface area contributed by atoms with Crippen molar-refractivity contribution in [3.05, 3.63) is 47.5 Å². The third-order valence-electron chi connectivity index (χ3n) is 3.69. The molecule has 2 heterocycles.